The number of carboxylic acids is 1. The van der Waals surface area contributed by atoms with E-state index in [9.17, 15) is 9.59 Å². The third-order valence-corrected chi connectivity index (χ3v) is 4.46. The monoisotopic (exact) mass is 308 g/mol. The Kier molecular flexibility index (Phi) is 4.03. The van der Waals surface area contributed by atoms with Crippen LogP contribution in [0.2, 0.25) is 0 Å². The van der Waals surface area contributed by atoms with E-state index in [1.165, 1.54) is 29.6 Å². The summed E-state index contributed by atoms with van der Waals surface area (Å²) < 4.78 is 5.61. The average Bonchev–Trinajstić information content (AvgIpc) is 3.18. The molecule has 1 atom stereocenters. The fraction of sp³-hybridized carbons (Fsp3) is 0.500. The molecule has 1 unspecified atom stereocenters. The van der Waals surface area contributed by atoms with E-state index < -0.39 is 5.97 Å². The Bertz CT molecular complexity index is 579. The normalized spacial score (nSPS) is 22.7. The van der Waals surface area contributed by atoms with Crippen molar-refractivity contribution in [3.05, 3.63) is 28.2 Å². The van der Waals surface area contributed by atoms with Crippen LogP contribution in [0.5, 0.6) is 0 Å². The van der Waals surface area contributed by atoms with Crippen molar-refractivity contribution in [2.75, 3.05) is 19.7 Å². The molecule has 2 heterocycles. The Hall–Kier alpha value is -1.73. The van der Waals surface area contributed by atoms with E-state index in [2.05, 4.69) is 4.98 Å². The smallest absolute Gasteiger partial charge is 0.355 e. The molecule has 0 radical (unpaired) electrons. The van der Waals surface area contributed by atoms with Gasteiger partial charge in [0.1, 0.15) is 11.1 Å². The van der Waals surface area contributed by atoms with Crippen LogP contribution in [0.15, 0.2) is 17.5 Å². The number of carbonyl (C=O) groups is 2. The third-order valence-electron chi connectivity index (χ3n) is 3.53. The van der Waals surface area contributed by atoms with Crippen molar-refractivity contribution in [3.8, 4) is 0 Å². The molecule has 0 aromatic carbocycles. The van der Waals surface area contributed by atoms with Gasteiger partial charge in [0.05, 0.1) is 13.2 Å². The summed E-state index contributed by atoms with van der Waals surface area (Å²) in [5.74, 6) is -0.485. The van der Waals surface area contributed by atoms with Gasteiger partial charge in [-0.1, -0.05) is 6.08 Å². The molecule has 1 amide bonds. The van der Waals surface area contributed by atoms with Gasteiger partial charge in [0.25, 0.3) is 0 Å². The Morgan fingerprint density at radius 2 is 2.29 bits per heavy atom. The summed E-state index contributed by atoms with van der Waals surface area (Å²) in [6, 6.07) is 0. The van der Waals surface area contributed by atoms with Crippen LogP contribution in [0, 0.1) is 5.92 Å². The second-order valence-electron chi connectivity index (χ2n) is 5.22. The minimum Gasteiger partial charge on any atom is -0.476 e. The summed E-state index contributed by atoms with van der Waals surface area (Å²) in [5.41, 5.74) is 0.0238. The number of amides is 1. The number of allylic oxidation sites excluding steroid dienone is 1. The van der Waals surface area contributed by atoms with Crippen LogP contribution in [0.25, 0.3) is 0 Å². The van der Waals surface area contributed by atoms with Gasteiger partial charge in [-0.25, -0.2) is 9.78 Å². The van der Waals surface area contributed by atoms with Gasteiger partial charge >= 0.3 is 5.97 Å². The minimum atomic E-state index is -1.05. The molecule has 6 nitrogen and oxygen atoms in total. The minimum absolute atomic E-state index is 0.00906. The molecule has 2 fully saturated rings. The molecule has 21 heavy (non-hydrogen) atoms. The predicted octanol–water partition coefficient (Wildman–Crippen LogP) is 1.71. The van der Waals surface area contributed by atoms with Crippen molar-refractivity contribution in [1.29, 1.82) is 0 Å². The molecule has 7 heteroatoms. The Morgan fingerprint density at radius 1 is 1.48 bits per heavy atom. The predicted molar refractivity (Wildman–Crippen MR) is 76.2 cm³/mol. The summed E-state index contributed by atoms with van der Waals surface area (Å²) in [6.07, 6.45) is 5.62. The molecule has 1 saturated heterocycles. The lowest BCUT2D eigenvalue weighted by Gasteiger charge is -2.31. The van der Waals surface area contributed by atoms with Gasteiger partial charge in [-0.05, 0) is 24.8 Å². The zero-order valence-electron chi connectivity index (χ0n) is 11.4. The summed E-state index contributed by atoms with van der Waals surface area (Å²) in [6.45, 7) is 1.41. The molecule has 1 aliphatic heterocycles. The first-order chi connectivity index (χ1) is 10.1. The molecular formula is C14H16N2O4S. The lowest BCUT2D eigenvalue weighted by molar-refractivity contribution is -0.133. The second kappa shape index (κ2) is 5.95. The lowest BCUT2D eigenvalue weighted by atomic mass is 10.2. The van der Waals surface area contributed by atoms with E-state index in [0.29, 0.717) is 30.6 Å². The van der Waals surface area contributed by atoms with Crippen LogP contribution in [-0.2, 0) is 9.53 Å². The first-order valence-corrected chi connectivity index (χ1v) is 7.79. The Balaban J connectivity index is 1.64. The molecule has 0 bridgehead atoms. The summed E-state index contributed by atoms with van der Waals surface area (Å²) in [4.78, 5) is 28.7. The van der Waals surface area contributed by atoms with Gasteiger partial charge in [-0.2, -0.15) is 0 Å². The molecule has 1 N–H and O–H groups in total. The number of aromatic carboxylic acids is 1. The number of nitrogens with zero attached hydrogens (tertiary/aromatic N) is 2. The van der Waals surface area contributed by atoms with Crippen LogP contribution >= 0.6 is 11.3 Å². The Morgan fingerprint density at radius 3 is 2.95 bits per heavy atom. The molecule has 2 aliphatic rings. The number of morpholine rings is 1. The van der Waals surface area contributed by atoms with Crippen LogP contribution in [0.1, 0.15) is 34.4 Å². The highest BCUT2D eigenvalue weighted by molar-refractivity contribution is 7.09. The summed E-state index contributed by atoms with van der Waals surface area (Å²) >= 11 is 1.25. The van der Waals surface area contributed by atoms with Crippen molar-refractivity contribution in [2.45, 2.75) is 18.9 Å². The molecule has 1 aromatic rings. The molecule has 112 valence electrons. The number of rotatable bonds is 4. The topological polar surface area (TPSA) is 79.7 Å². The van der Waals surface area contributed by atoms with Crippen LogP contribution in [0.4, 0.5) is 0 Å². The number of carbonyl (C=O) groups excluding carboxylic acids is 1. The zero-order chi connectivity index (χ0) is 14.8. The highest BCUT2D eigenvalue weighted by Gasteiger charge is 2.27. The number of aromatic nitrogens is 1. The van der Waals surface area contributed by atoms with Crippen LogP contribution in [0.3, 0.4) is 0 Å². The van der Waals surface area contributed by atoms with Gasteiger partial charge in [0, 0.05) is 11.9 Å². The summed E-state index contributed by atoms with van der Waals surface area (Å²) in [5, 5.41) is 11.0. The number of hydrogen-bond donors (Lipinski definition) is 1. The zero-order valence-corrected chi connectivity index (χ0v) is 12.2. The van der Waals surface area contributed by atoms with Crippen LogP contribution in [-0.4, -0.2) is 46.6 Å². The van der Waals surface area contributed by atoms with E-state index in [1.54, 1.807) is 11.0 Å². The molecule has 3 rings (SSSR count). The highest BCUT2D eigenvalue weighted by atomic mass is 32.1. The van der Waals surface area contributed by atoms with Crippen molar-refractivity contribution >= 4 is 23.2 Å². The molecule has 1 saturated carbocycles. The molecule has 1 aromatic heterocycles. The molecule has 0 spiro atoms. The Labute approximate surface area is 126 Å². The van der Waals surface area contributed by atoms with Crippen molar-refractivity contribution < 1.29 is 19.4 Å². The fourth-order valence-corrected chi connectivity index (χ4v) is 2.98. The maximum absolute atomic E-state index is 12.1. The maximum Gasteiger partial charge on any atom is 0.355 e. The average molecular weight is 308 g/mol. The van der Waals surface area contributed by atoms with E-state index in [0.717, 1.165) is 0 Å². The third kappa shape index (κ3) is 3.48. The van der Waals surface area contributed by atoms with Crippen molar-refractivity contribution in [1.82, 2.24) is 9.88 Å². The standard InChI is InChI=1S/C14H16N2O4S/c17-12(4-3-9-1-2-9)16-5-6-20-11(7-16)13-15-10(8-21-13)14(18)19/h3-4,8-9,11H,1-2,5-7H2,(H,18,19)/b4-3+. The quantitative estimate of drug-likeness (QED) is 0.857. The van der Waals surface area contributed by atoms with Gasteiger partial charge in [0.2, 0.25) is 5.91 Å². The first kappa shape index (κ1) is 14.2. The van der Waals surface area contributed by atoms with Gasteiger partial charge in [-0.3, -0.25) is 4.79 Å². The van der Waals surface area contributed by atoms with Crippen molar-refractivity contribution in [2.24, 2.45) is 5.92 Å². The molecular weight excluding hydrogens is 292 g/mol. The van der Waals surface area contributed by atoms with Crippen LogP contribution < -0.4 is 0 Å². The number of ether oxygens (including phenoxy) is 1. The van der Waals surface area contributed by atoms with Gasteiger partial charge in [-0.15, -0.1) is 11.3 Å². The second-order valence-corrected chi connectivity index (χ2v) is 6.11. The van der Waals surface area contributed by atoms with E-state index in [4.69, 9.17) is 9.84 Å². The molecule has 1 aliphatic carbocycles. The van der Waals surface area contributed by atoms with Crippen molar-refractivity contribution in [3.63, 3.8) is 0 Å². The fourth-order valence-electron chi connectivity index (χ4n) is 2.15. The number of hydrogen-bond acceptors (Lipinski definition) is 5. The first-order valence-electron chi connectivity index (χ1n) is 6.91. The van der Waals surface area contributed by atoms with E-state index in [1.807, 2.05) is 6.08 Å². The van der Waals surface area contributed by atoms with Gasteiger partial charge in [0.15, 0.2) is 5.69 Å². The lowest BCUT2D eigenvalue weighted by Crippen LogP contribution is -2.41. The number of carboxylic acid groups (broad SMARTS) is 1. The maximum atomic E-state index is 12.1. The largest absolute Gasteiger partial charge is 0.476 e. The number of thiazole rings is 1. The highest BCUT2D eigenvalue weighted by Crippen LogP contribution is 2.30. The summed E-state index contributed by atoms with van der Waals surface area (Å²) in [7, 11) is 0. The SMILES string of the molecule is O=C(O)c1csc(C2CN(C(=O)/C=C/C3CC3)CCO2)n1. The van der Waals surface area contributed by atoms with Gasteiger partial charge < -0.3 is 14.7 Å². The van der Waals surface area contributed by atoms with E-state index in [-0.39, 0.29) is 17.7 Å². The van der Waals surface area contributed by atoms with E-state index >= 15 is 0 Å².